The van der Waals surface area contributed by atoms with Gasteiger partial charge in [-0.3, -0.25) is 10.1 Å². The minimum absolute atomic E-state index is 0.152. The van der Waals surface area contributed by atoms with E-state index >= 15 is 0 Å². The Labute approximate surface area is 104 Å². The molecule has 0 atom stereocenters. The summed E-state index contributed by atoms with van der Waals surface area (Å²) in [5, 5.41) is 13.8. The van der Waals surface area contributed by atoms with Gasteiger partial charge in [0.05, 0.1) is 0 Å². The molecule has 92 valence electrons. The van der Waals surface area contributed by atoms with Gasteiger partial charge >= 0.3 is 0 Å². The van der Waals surface area contributed by atoms with Gasteiger partial charge in [-0.15, -0.1) is 9.90 Å². The van der Waals surface area contributed by atoms with E-state index in [2.05, 4.69) is 27.3 Å². The van der Waals surface area contributed by atoms with Crippen LogP contribution in [0.25, 0.3) is 6.20 Å². The summed E-state index contributed by atoms with van der Waals surface area (Å²) < 4.78 is 0. The fourth-order valence-corrected chi connectivity index (χ4v) is 1.63. The van der Waals surface area contributed by atoms with E-state index < -0.39 is 0 Å². The van der Waals surface area contributed by atoms with Crippen molar-refractivity contribution in [1.82, 2.24) is 20.2 Å². The number of hydrogen-bond donors (Lipinski definition) is 1. The molecular weight excluding hydrogens is 230 g/mol. The quantitative estimate of drug-likeness (QED) is 0.889. The van der Waals surface area contributed by atoms with Gasteiger partial charge in [-0.05, 0) is 31.2 Å². The molecule has 1 aromatic carbocycles. The van der Waals surface area contributed by atoms with Crippen LogP contribution in [0, 0.1) is 13.8 Å². The van der Waals surface area contributed by atoms with Crippen LogP contribution in [0.2, 0.25) is 0 Å². The number of anilines is 1. The van der Waals surface area contributed by atoms with Gasteiger partial charge in [0.15, 0.2) is 0 Å². The van der Waals surface area contributed by atoms with Crippen LogP contribution in [0.5, 0.6) is 0 Å². The van der Waals surface area contributed by atoms with E-state index in [1.165, 1.54) is 11.0 Å². The number of carbonyl (C=O) groups excluding carboxylic acids is 1. The summed E-state index contributed by atoms with van der Waals surface area (Å²) in [6, 6.07) is 5.61. The summed E-state index contributed by atoms with van der Waals surface area (Å²) in [7, 11) is 0. The molecule has 0 fully saturated rings. The molecule has 6 heteroatoms. The summed E-state index contributed by atoms with van der Waals surface area (Å²) in [4.78, 5) is 13.1. The Hall–Kier alpha value is -2.50. The van der Waals surface area contributed by atoms with Gasteiger partial charge < -0.3 is 0 Å². The van der Waals surface area contributed by atoms with Gasteiger partial charge in [0.1, 0.15) is 0 Å². The topological polar surface area (TPSA) is 72.7 Å². The van der Waals surface area contributed by atoms with E-state index in [1.54, 1.807) is 12.1 Å². The van der Waals surface area contributed by atoms with Gasteiger partial charge in [0.25, 0.3) is 11.9 Å². The highest BCUT2D eigenvalue weighted by Crippen LogP contribution is 2.10. The predicted molar refractivity (Wildman–Crippen MR) is 68.1 cm³/mol. The number of hydrogen-bond acceptors (Lipinski definition) is 4. The Balaban J connectivity index is 2.18. The largest absolute Gasteiger partial charge is 0.288 e. The molecule has 18 heavy (non-hydrogen) atoms. The first-order valence-corrected chi connectivity index (χ1v) is 5.40. The number of tetrazole rings is 1. The van der Waals surface area contributed by atoms with E-state index in [1.807, 2.05) is 19.9 Å². The lowest BCUT2D eigenvalue weighted by atomic mass is 10.1. The van der Waals surface area contributed by atoms with Crippen molar-refractivity contribution in [1.29, 1.82) is 0 Å². The number of nitrogens with one attached hydrogen (secondary N) is 1. The molecular formula is C12H13N5O. The molecule has 6 nitrogen and oxygen atoms in total. The summed E-state index contributed by atoms with van der Waals surface area (Å²) >= 11 is 0. The zero-order valence-corrected chi connectivity index (χ0v) is 10.2. The third-order valence-electron chi connectivity index (χ3n) is 2.30. The Morgan fingerprint density at radius 1 is 1.33 bits per heavy atom. The molecule has 2 aromatic rings. The van der Waals surface area contributed by atoms with Gasteiger partial charge in [-0.2, -0.15) is 0 Å². The number of aryl methyl sites for hydroxylation is 2. The number of benzene rings is 1. The van der Waals surface area contributed by atoms with Gasteiger partial charge in [0, 0.05) is 11.8 Å². The van der Waals surface area contributed by atoms with Crippen molar-refractivity contribution in [2.75, 3.05) is 5.32 Å². The smallest absolute Gasteiger partial charge is 0.270 e. The Morgan fingerprint density at radius 2 is 2.00 bits per heavy atom. The van der Waals surface area contributed by atoms with Gasteiger partial charge in [0.2, 0.25) is 0 Å². The fraction of sp³-hybridized carbons (Fsp3) is 0.167. The van der Waals surface area contributed by atoms with Crippen LogP contribution in [0.15, 0.2) is 24.8 Å². The minimum atomic E-state index is -0.259. The molecule has 0 unspecified atom stereocenters. The lowest BCUT2D eigenvalue weighted by Gasteiger charge is -2.03. The molecule has 0 spiro atoms. The maximum atomic E-state index is 12.0. The van der Waals surface area contributed by atoms with Crippen molar-refractivity contribution >= 4 is 18.1 Å². The van der Waals surface area contributed by atoms with Crippen molar-refractivity contribution in [3.8, 4) is 0 Å². The molecule has 0 saturated heterocycles. The van der Waals surface area contributed by atoms with Crippen LogP contribution >= 0.6 is 0 Å². The number of carbonyl (C=O) groups is 1. The summed E-state index contributed by atoms with van der Waals surface area (Å²) in [5.74, 6) is -0.107. The third-order valence-corrected chi connectivity index (χ3v) is 2.30. The second-order valence-electron chi connectivity index (χ2n) is 3.95. The lowest BCUT2D eigenvalue weighted by Crippen LogP contribution is -2.13. The SMILES string of the molecule is C=Cn1nnc(NC(=O)c2cc(C)cc(C)c2)n1. The average molecular weight is 243 g/mol. The molecule has 2 rings (SSSR count). The first kappa shape index (κ1) is 12.0. The summed E-state index contributed by atoms with van der Waals surface area (Å²) in [6.07, 6.45) is 1.39. The van der Waals surface area contributed by atoms with Crippen molar-refractivity contribution < 1.29 is 4.79 Å². The lowest BCUT2D eigenvalue weighted by molar-refractivity contribution is 0.102. The average Bonchev–Trinajstić information content (AvgIpc) is 2.75. The Bertz CT molecular complexity index is 582. The van der Waals surface area contributed by atoms with Crippen LogP contribution in [0.1, 0.15) is 21.5 Å². The van der Waals surface area contributed by atoms with E-state index in [-0.39, 0.29) is 11.9 Å². The van der Waals surface area contributed by atoms with Crippen LogP contribution in [0.4, 0.5) is 5.95 Å². The number of nitrogens with zero attached hydrogens (tertiary/aromatic N) is 4. The zero-order valence-electron chi connectivity index (χ0n) is 10.2. The third kappa shape index (κ3) is 2.60. The molecule has 0 aliphatic carbocycles. The highest BCUT2D eigenvalue weighted by atomic mass is 16.1. The van der Waals surface area contributed by atoms with Crippen LogP contribution < -0.4 is 5.32 Å². The Kier molecular flexibility index (Phi) is 3.18. The normalized spacial score (nSPS) is 10.1. The number of aromatic nitrogens is 4. The first-order valence-electron chi connectivity index (χ1n) is 5.40. The van der Waals surface area contributed by atoms with Crippen molar-refractivity contribution in [2.24, 2.45) is 0 Å². The van der Waals surface area contributed by atoms with Crippen molar-refractivity contribution in [3.05, 3.63) is 41.5 Å². The fourth-order valence-electron chi connectivity index (χ4n) is 1.63. The van der Waals surface area contributed by atoms with E-state index in [0.29, 0.717) is 5.56 Å². The van der Waals surface area contributed by atoms with Crippen molar-refractivity contribution in [2.45, 2.75) is 13.8 Å². The van der Waals surface area contributed by atoms with Crippen LogP contribution in [-0.4, -0.2) is 26.1 Å². The zero-order chi connectivity index (χ0) is 13.1. The molecule has 1 N–H and O–H groups in total. The minimum Gasteiger partial charge on any atom is -0.288 e. The van der Waals surface area contributed by atoms with Crippen LogP contribution in [-0.2, 0) is 0 Å². The molecule has 0 radical (unpaired) electrons. The predicted octanol–water partition coefficient (Wildman–Crippen LogP) is 1.64. The maximum Gasteiger partial charge on any atom is 0.270 e. The van der Waals surface area contributed by atoms with E-state index in [9.17, 15) is 4.79 Å². The second-order valence-corrected chi connectivity index (χ2v) is 3.95. The first-order chi connectivity index (χ1) is 8.58. The second kappa shape index (κ2) is 4.79. The standard InChI is InChI=1S/C12H13N5O/c1-4-17-15-12(14-16-17)13-11(18)10-6-8(2)5-9(3)7-10/h4-7H,1H2,2-3H3,(H,13,15,18). The van der Waals surface area contributed by atoms with E-state index in [0.717, 1.165) is 11.1 Å². The molecule has 0 bridgehead atoms. The number of amides is 1. The number of rotatable bonds is 3. The molecule has 0 aliphatic heterocycles. The monoisotopic (exact) mass is 243 g/mol. The van der Waals surface area contributed by atoms with E-state index in [4.69, 9.17) is 0 Å². The summed E-state index contributed by atoms with van der Waals surface area (Å²) in [5.41, 5.74) is 2.63. The summed E-state index contributed by atoms with van der Waals surface area (Å²) in [6.45, 7) is 7.37. The van der Waals surface area contributed by atoms with Gasteiger partial charge in [-0.1, -0.05) is 28.9 Å². The highest BCUT2D eigenvalue weighted by Gasteiger charge is 2.10. The molecule has 1 aromatic heterocycles. The Morgan fingerprint density at radius 3 is 2.56 bits per heavy atom. The molecule has 0 aliphatic rings. The van der Waals surface area contributed by atoms with Gasteiger partial charge in [-0.25, -0.2) is 0 Å². The van der Waals surface area contributed by atoms with Crippen LogP contribution in [0.3, 0.4) is 0 Å². The van der Waals surface area contributed by atoms with Crippen molar-refractivity contribution in [3.63, 3.8) is 0 Å². The highest BCUT2D eigenvalue weighted by molar-refractivity contribution is 6.03. The molecule has 0 saturated carbocycles. The maximum absolute atomic E-state index is 12.0. The molecule has 1 heterocycles. The molecule has 1 amide bonds.